The average Bonchev–Trinajstić information content (AvgIpc) is 3.02. The highest BCUT2D eigenvalue weighted by atomic mass is 79.9. The van der Waals surface area contributed by atoms with Crippen molar-refractivity contribution in [3.63, 3.8) is 0 Å². The average molecular weight is 685 g/mol. The summed E-state index contributed by atoms with van der Waals surface area (Å²) in [6, 6.07) is 27.9. The summed E-state index contributed by atoms with van der Waals surface area (Å²) in [5, 5.41) is 3.09. The molecule has 0 saturated carbocycles. The second kappa shape index (κ2) is 14.5. The Labute approximate surface area is 265 Å². The fourth-order valence-electron chi connectivity index (χ4n) is 4.56. The maximum Gasteiger partial charge on any atom is 0.264 e. The van der Waals surface area contributed by atoms with Crippen LogP contribution in [0.2, 0.25) is 5.02 Å². The minimum Gasteiger partial charge on any atom is -0.497 e. The topological polar surface area (TPSA) is 96.0 Å². The SMILES string of the molecule is CNC(=O)C(Cc1ccccc1)N(Cc1cccc(Br)c1)C(=O)CN(c1ccc(Cl)cc1)S(=O)(=O)c1ccc(OC)cc1. The van der Waals surface area contributed by atoms with Gasteiger partial charge in [0.1, 0.15) is 18.3 Å². The molecule has 0 aromatic heterocycles. The molecule has 1 unspecified atom stereocenters. The van der Waals surface area contributed by atoms with Gasteiger partial charge in [-0.05, 0) is 71.8 Å². The van der Waals surface area contributed by atoms with Gasteiger partial charge in [-0.2, -0.15) is 0 Å². The van der Waals surface area contributed by atoms with Gasteiger partial charge >= 0.3 is 0 Å². The number of benzene rings is 4. The number of halogens is 2. The zero-order valence-electron chi connectivity index (χ0n) is 23.6. The molecule has 1 N–H and O–H groups in total. The van der Waals surface area contributed by atoms with Crippen LogP contribution in [-0.4, -0.2) is 51.9 Å². The molecule has 0 bridgehead atoms. The van der Waals surface area contributed by atoms with E-state index in [0.717, 1.165) is 19.9 Å². The maximum absolute atomic E-state index is 14.3. The Bertz CT molecular complexity index is 1650. The summed E-state index contributed by atoms with van der Waals surface area (Å²) < 4.78 is 35.1. The van der Waals surface area contributed by atoms with Crippen molar-refractivity contribution in [3.8, 4) is 5.75 Å². The molecule has 0 heterocycles. The molecule has 0 saturated heterocycles. The molecule has 224 valence electrons. The van der Waals surface area contributed by atoms with Gasteiger partial charge in [-0.25, -0.2) is 8.42 Å². The van der Waals surface area contributed by atoms with Crippen LogP contribution in [0.5, 0.6) is 5.75 Å². The number of likely N-dealkylation sites (N-methyl/N-ethyl adjacent to an activating group) is 1. The largest absolute Gasteiger partial charge is 0.497 e. The van der Waals surface area contributed by atoms with Crippen molar-refractivity contribution >= 4 is 55.1 Å². The minimum absolute atomic E-state index is 0.0262. The molecule has 4 aromatic rings. The molecular weight excluding hydrogens is 654 g/mol. The van der Waals surface area contributed by atoms with Crippen molar-refractivity contribution in [2.75, 3.05) is 25.0 Å². The minimum atomic E-state index is -4.23. The van der Waals surface area contributed by atoms with Crippen LogP contribution >= 0.6 is 27.5 Å². The molecule has 0 aliphatic heterocycles. The van der Waals surface area contributed by atoms with Gasteiger partial charge in [0.2, 0.25) is 11.8 Å². The molecule has 0 spiro atoms. The Hall–Kier alpha value is -3.86. The first-order chi connectivity index (χ1) is 20.6. The maximum atomic E-state index is 14.3. The molecule has 0 radical (unpaired) electrons. The van der Waals surface area contributed by atoms with Gasteiger partial charge in [-0.3, -0.25) is 13.9 Å². The lowest BCUT2D eigenvalue weighted by Crippen LogP contribution is -2.53. The number of amides is 2. The fraction of sp³-hybridized carbons (Fsp3) is 0.188. The molecule has 43 heavy (non-hydrogen) atoms. The normalized spacial score (nSPS) is 11.8. The summed E-state index contributed by atoms with van der Waals surface area (Å²) in [6.07, 6.45) is 0.229. The summed E-state index contributed by atoms with van der Waals surface area (Å²) in [5.74, 6) is -0.442. The van der Waals surface area contributed by atoms with Crippen molar-refractivity contribution in [1.82, 2.24) is 10.2 Å². The number of hydrogen-bond donors (Lipinski definition) is 1. The highest BCUT2D eigenvalue weighted by Crippen LogP contribution is 2.27. The van der Waals surface area contributed by atoms with Crippen molar-refractivity contribution < 1.29 is 22.7 Å². The highest BCUT2D eigenvalue weighted by Gasteiger charge is 2.34. The van der Waals surface area contributed by atoms with E-state index >= 15 is 0 Å². The zero-order valence-corrected chi connectivity index (χ0v) is 26.8. The predicted octanol–water partition coefficient (Wildman–Crippen LogP) is 5.69. The van der Waals surface area contributed by atoms with Crippen LogP contribution in [0.15, 0.2) is 112 Å². The molecule has 4 rings (SSSR count). The molecule has 4 aromatic carbocycles. The van der Waals surface area contributed by atoms with Crippen LogP contribution < -0.4 is 14.4 Å². The third kappa shape index (κ3) is 8.16. The first-order valence-electron chi connectivity index (χ1n) is 13.3. The third-order valence-electron chi connectivity index (χ3n) is 6.80. The Morgan fingerprint density at radius 1 is 0.907 bits per heavy atom. The summed E-state index contributed by atoms with van der Waals surface area (Å²) in [6.45, 7) is -0.494. The van der Waals surface area contributed by atoms with Crippen molar-refractivity contribution in [2.45, 2.75) is 23.9 Å². The lowest BCUT2D eigenvalue weighted by Gasteiger charge is -2.33. The number of methoxy groups -OCH3 is 1. The fourth-order valence-corrected chi connectivity index (χ4v) is 6.55. The quantitative estimate of drug-likeness (QED) is 0.207. The number of ether oxygens (including phenoxy) is 1. The Balaban J connectivity index is 1.78. The first kappa shape index (κ1) is 32.1. The van der Waals surface area contributed by atoms with Crippen LogP contribution in [0.1, 0.15) is 11.1 Å². The second-order valence-corrected chi connectivity index (χ2v) is 12.8. The van der Waals surface area contributed by atoms with Crippen LogP contribution in [0.25, 0.3) is 0 Å². The molecule has 2 amide bonds. The second-order valence-electron chi connectivity index (χ2n) is 9.63. The van der Waals surface area contributed by atoms with Gasteiger partial charge < -0.3 is 15.0 Å². The van der Waals surface area contributed by atoms with Gasteiger partial charge in [0.15, 0.2) is 0 Å². The molecule has 0 aliphatic rings. The van der Waals surface area contributed by atoms with Gasteiger partial charge in [0.05, 0.1) is 17.7 Å². The van der Waals surface area contributed by atoms with Crippen molar-refractivity contribution in [3.05, 3.63) is 124 Å². The molecule has 1 atom stereocenters. The number of sulfonamides is 1. The van der Waals surface area contributed by atoms with Crippen LogP contribution in [0, 0.1) is 0 Å². The molecule has 0 fully saturated rings. The molecular formula is C32H31BrClN3O5S. The molecule has 0 aliphatic carbocycles. The molecule has 8 nitrogen and oxygen atoms in total. The number of nitrogens with one attached hydrogen (secondary N) is 1. The monoisotopic (exact) mass is 683 g/mol. The smallest absolute Gasteiger partial charge is 0.264 e. The van der Waals surface area contributed by atoms with Crippen LogP contribution in [-0.2, 0) is 32.6 Å². The molecule has 11 heteroatoms. The van der Waals surface area contributed by atoms with E-state index in [0.29, 0.717) is 10.8 Å². The standard InChI is InChI=1S/C32H31BrClN3O5S/c1-35-32(39)30(20-23-7-4-3-5-8-23)36(21-24-9-6-10-25(33)19-24)31(38)22-37(27-13-11-26(34)12-14-27)43(40,41)29-17-15-28(42-2)16-18-29/h3-19,30H,20-22H2,1-2H3,(H,35,39). The number of rotatable bonds is 12. The third-order valence-corrected chi connectivity index (χ3v) is 9.33. The van der Waals surface area contributed by atoms with E-state index in [-0.39, 0.29) is 29.5 Å². The number of carbonyl (C=O) groups excluding carboxylic acids is 2. The Morgan fingerprint density at radius 3 is 2.16 bits per heavy atom. The van der Waals surface area contributed by atoms with E-state index in [1.165, 1.54) is 55.5 Å². The van der Waals surface area contributed by atoms with E-state index in [2.05, 4.69) is 21.2 Å². The van der Waals surface area contributed by atoms with Crippen molar-refractivity contribution in [1.29, 1.82) is 0 Å². The van der Waals surface area contributed by atoms with E-state index in [9.17, 15) is 18.0 Å². The predicted molar refractivity (Wildman–Crippen MR) is 172 cm³/mol. The number of hydrogen-bond acceptors (Lipinski definition) is 5. The summed E-state index contributed by atoms with van der Waals surface area (Å²) in [5.41, 5.74) is 1.86. The Kier molecular flexibility index (Phi) is 10.8. The summed E-state index contributed by atoms with van der Waals surface area (Å²) >= 11 is 9.58. The number of carbonyl (C=O) groups is 2. The van der Waals surface area contributed by atoms with E-state index in [4.69, 9.17) is 16.3 Å². The van der Waals surface area contributed by atoms with Crippen molar-refractivity contribution in [2.24, 2.45) is 0 Å². The van der Waals surface area contributed by atoms with E-state index in [1.54, 1.807) is 12.1 Å². The zero-order chi connectivity index (χ0) is 31.0. The first-order valence-corrected chi connectivity index (χ1v) is 15.9. The van der Waals surface area contributed by atoms with Crippen LogP contribution in [0.4, 0.5) is 5.69 Å². The summed E-state index contributed by atoms with van der Waals surface area (Å²) in [7, 11) is -1.23. The van der Waals surface area contributed by atoms with Crippen LogP contribution in [0.3, 0.4) is 0 Å². The lowest BCUT2D eigenvalue weighted by atomic mass is 10.0. The van der Waals surface area contributed by atoms with Gasteiger partial charge in [0, 0.05) is 29.5 Å². The Morgan fingerprint density at radius 2 is 1.56 bits per heavy atom. The van der Waals surface area contributed by atoms with E-state index in [1.807, 2.05) is 54.6 Å². The highest BCUT2D eigenvalue weighted by molar-refractivity contribution is 9.10. The van der Waals surface area contributed by atoms with Gasteiger partial charge in [0.25, 0.3) is 10.0 Å². The summed E-state index contributed by atoms with van der Waals surface area (Å²) in [4.78, 5) is 29.0. The lowest BCUT2D eigenvalue weighted by molar-refractivity contribution is -0.139. The number of nitrogens with zero attached hydrogens (tertiary/aromatic N) is 2. The number of anilines is 1. The van der Waals surface area contributed by atoms with Gasteiger partial charge in [-0.1, -0.05) is 70.0 Å². The van der Waals surface area contributed by atoms with E-state index < -0.39 is 28.5 Å². The van der Waals surface area contributed by atoms with Gasteiger partial charge in [-0.15, -0.1) is 0 Å².